The zero-order chi connectivity index (χ0) is 16.9. The average Bonchev–Trinajstić information content (AvgIpc) is 2.57. The zero-order valence-corrected chi connectivity index (χ0v) is 13.9. The summed E-state index contributed by atoms with van der Waals surface area (Å²) in [4.78, 5) is 12.2. The standard InChI is InChI=1S/C19H21NO4/c1-13-9-14(2)11-15(10-13)22-8-7-20-19(21)18-12-23-16-5-3-4-6-17(16)24-18/h3-6,9-11,18H,7-8,12H2,1-2H3,(H,20,21)/t18-/m1/s1. The summed E-state index contributed by atoms with van der Waals surface area (Å²) >= 11 is 0. The minimum Gasteiger partial charge on any atom is -0.492 e. The van der Waals surface area contributed by atoms with Crippen LogP contribution in [0.1, 0.15) is 11.1 Å². The fourth-order valence-corrected chi connectivity index (χ4v) is 2.62. The molecule has 0 fully saturated rings. The van der Waals surface area contributed by atoms with Crippen molar-refractivity contribution in [2.75, 3.05) is 19.8 Å². The second-order valence-electron chi connectivity index (χ2n) is 5.83. The Kier molecular flexibility index (Phi) is 4.89. The van der Waals surface area contributed by atoms with Crippen molar-refractivity contribution in [3.8, 4) is 17.2 Å². The minimum atomic E-state index is -0.638. The quantitative estimate of drug-likeness (QED) is 0.858. The number of para-hydroxylation sites is 2. The molecule has 0 saturated heterocycles. The van der Waals surface area contributed by atoms with Crippen molar-refractivity contribution in [1.82, 2.24) is 5.32 Å². The van der Waals surface area contributed by atoms with E-state index in [1.165, 1.54) is 0 Å². The molecular weight excluding hydrogens is 306 g/mol. The Balaban J connectivity index is 1.45. The Morgan fingerprint density at radius 1 is 1.17 bits per heavy atom. The number of amides is 1. The molecule has 0 aromatic heterocycles. The molecule has 1 atom stereocenters. The van der Waals surface area contributed by atoms with Gasteiger partial charge in [0.1, 0.15) is 19.0 Å². The van der Waals surface area contributed by atoms with Gasteiger partial charge in [-0.3, -0.25) is 4.79 Å². The SMILES string of the molecule is Cc1cc(C)cc(OCCNC(=O)[C@H]2COc3ccccc3O2)c1. The molecule has 0 spiro atoms. The van der Waals surface area contributed by atoms with E-state index in [1.807, 2.05) is 44.2 Å². The fourth-order valence-electron chi connectivity index (χ4n) is 2.62. The predicted molar refractivity (Wildman–Crippen MR) is 90.8 cm³/mol. The first-order valence-corrected chi connectivity index (χ1v) is 7.99. The molecule has 2 aromatic carbocycles. The smallest absolute Gasteiger partial charge is 0.264 e. The van der Waals surface area contributed by atoms with Gasteiger partial charge in [-0.25, -0.2) is 0 Å². The van der Waals surface area contributed by atoms with E-state index in [9.17, 15) is 4.79 Å². The van der Waals surface area contributed by atoms with E-state index in [0.717, 1.165) is 16.9 Å². The number of hydrogen-bond acceptors (Lipinski definition) is 4. The molecule has 24 heavy (non-hydrogen) atoms. The van der Waals surface area contributed by atoms with Crippen LogP contribution in [0, 0.1) is 13.8 Å². The van der Waals surface area contributed by atoms with Crippen LogP contribution in [-0.2, 0) is 4.79 Å². The third-order valence-electron chi connectivity index (χ3n) is 3.67. The van der Waals surface area contributed by atoms with Crippen molar-refractivity contribution in [3.05, 3.63) is 53.6 Å². The lowest BCUT2D eigenvalue weighted by atomic mass is 10.1. The zero-order valence-electron chi connectivity index (χ0n) is 13.9. The molecule has 0 radical (unpaired) electrons. The number of hydrogen-bond donors (Lipinski definition) is 1. The van der Waals surface area contributed by atoms with Crippen LogP contribution in [-0.4, -0.2) is 31.8 Å². The lowest BCUT2D eigenvalue weighted by molar-refractivity contribution is -0.130. The van der Waals surface area contributed by atoms with Gasteiger partial charge in [-0.15, -0.1) is 0 Å². The highest BCUT2D eigenvalue weighted by Crippen LogP contribution is 2.30. The van der Waals surface area contributed by atoms with Gasteiger partial charge in [0, 0.05) is 0 Å². The summed E-state index contributed by atoms with van der Waals surface area (Å²) in [5, 5.41) is 2.81. The summed E-state index contributed by atoms with van der Waals surface area (Å²) in [5.41, 5.74) is 2.31. The number of rotatable bonds is 5. The lowest BCUT2D eigenvalue weighted by Gasteiger charge is -2.25. The second kappa shape index (κ2) is 7.25. The first-order valence-electron chi connectivity index (χ1n) is 7.99. The third-order valence-corrected chi connectivity index (χ3v) is 3.67. The van der Waals surface area contributed by atoms with Gasteiger partial charge in [0.05, 0.1) is 6.54 Å². The molecule has 2 aromatic rings. The molecular formula is C19H21NO4. The molecule has 0 bridgehead atoms. The molecule has 1 aliphatic rings. The Morgan fingerprint density at radius 3 is 2.62 bits per heavy atom. The Morgan fingerprint density at radius 2 is 1.88 bits per heavy atom. The maximum Gasteiger partial charge on any atom is 0.264 e. The largest absolute Gasteiger partial charge is 0.492 e. The van der Waals surface area contributed by atoms with Crippen LogP contribution >= 0.6 is 0 Å². The van der Waals surface area contributed by atoms with Gasteiger partial charge in [-0.2, -0.15) is 0 Å². The molecule has 1 amide bonds. The van der Waals surface area contributed by atoms with Crippen LogP contribution < -0.4 is 19.5 Å². The van der Waals surface area contributed by atoms with Gasteiger partial charge in [0.15, 0.2) is 11.5 Å². The highest BCUT2D eigenvalue weighted by molar-refractivity contribution is 5.81. The Bertz CT molecular complexity index is 709. The Labute approximate surface area is 141 Å². The highest BCUT2D eigenvalue weighted by atomic mass is 16.6. The van der Waals surface area contributed by atoms with Crippen LogP contribution in [0.2, 0.25) is 0 Å². The number of nitrogens with one attached hydrogen (secondary N) is 1. The molecule has 0 unspecified atom stereocenters. The summed E-state index contributed by atoms with van der Waals surface area (Å²) in [7, 11) is 0. The van der Waals surface area contributed by atoms with E-state index >= 15 is 0 Å². The van der Waals surface area contributed by atoms with E-state index < -0.39 is 6.10 Å². The van der Waals surface area contributed by atoms with Gasteiger partial charge in [0.25, 0.3) is 5.91 Å². The van der Waals surface area contributed by atoms with Gasteiger partial charge in [-0.05, 0) is 49.2 Å². The normalized spacial score (nSPS) is 15.7. The number of carbonyl (C=O) groups is 1. The van der Waals surface area contributed by atoms with Crippen molar-refractivity contribution < 1.29 is 19.0 Å². The summed E-state index contributed by atoms with van der Waals surface area (Å²) in [6.45, 7) is 5.08. The van der Waals surface area contributed by atoms with E-state index in [0.29, 0.717) is 24.7 Å². The van der Waals surface area contributed by atoms with Crippen LogP contribution in [0.25, 0.3) is 0 Å². The van der Waals surface area contributed by atoms with Gasteiger partial charge in [-0.1, -0.05) is 18.2 Å². The number of carbonyl (C=O) groups excluding carboxylic acids is 1. The van der Waals surface area contributed by atoms with Crippen molar-refractivity contribution in [1.29, 1.82) is 0 Å². The third kappa shape index (κ3) is 3.98. The highest BCUT2D eigenvalue weighted by Gasteiger charge is 2.26. The van der Waals surface area contributed by atoms with E-state index in [2.05, 4.69) is 11.4 Å². The summed E-state index contributed by atoms with van der Waals surface area (Å²) in [6.07, 6.45) is -0.638. The van der Waals surface area contributed by atoms with Crippen molar-refractivity contribution in [3.63, 3.8) is 0 Å². The first kappa shape index (κ1) is 16.2. The van der Waals surface area contributed by atoms with Crippen LogP contribution in [0.5, 0.6) is 17.2 Å². The van der Waals surface area contributed by atoms with Crippen molar-refractivity contribution in [2.24, 2.45) is 0 Å². The predicted octanol–water partition coefficient (Wildman–Crippen LogP) is 2.64. The molecule has 0 saturated carbocycles. The van der Waals surface area contributed by atoms with E-state index in [4.69, 9.17) is 14.2 Å². The number of fused-ring (bicyclic) bond motifs is 1. The van der Waals surface area contributed by atoms with E-state index in [1.54, 1.807) is 6.07 Å². The number of benzene rings is 2. The number of ether oxygens (including phenoxy) is 3. The fraction of sp³-hybridized carbons (Fsp3) is 0.316. The molecule has 3 rings (SSSR count). The molecule has 1 aliphatic heterocycles. The average molecular weight is 327 g/mol. The maximum atomic E-state index is 12.2. The van der Waals surface area contributed by atoms with Crippen molar-refractivity contribution >= 4 is 5.91 Å². The molecule has 1 heterocycles. The van der Waals surface area contributed by atoms with Crippen LogP contribution in [0.3, 0.4) is 0 Å². The van der Waals surface area contributed by atoms with Crippen molar-refractivity contribution in [2.45, 2.75) is 20.0 Å². The Hall–Kier alpha value is -2.69. The van der Waals surface area contributed by atoms with Crippen LogP contribution in [0.4, 0.5) is 0 Å². The van der Waals surface area contributed by atoms with Gasteiger partial charge < -0.3 is 19.5 Å². The first-order chi connectivity index (χ1) is 11.6. The minimum absolute atomic E-state index is 0.200. The van der Waals surface area contributed by atoms with E-state index in [-0.39, 0.29) is 12.5 Å². The number of aryl methyl sites for hydroxylation is 2. The van der Waals surface area contributed by atoms with Gasteiger partial charge >= 0.3 is 0 Å². The maximum absolute atomic E-state index is 12.2. The molecule has 126 valence electrons. The van der Waals surface area contributed by atoms with Crippen LogP contribution in [0.15, 0.2) is 42.5 Å². The molecule has 5 heteroatoms. The molecule has 5 nitrogen and oxygen atoms in total. The molecule has 0 aliphatic carbocycles. The summed E-state index contributed by atoms with van der Waals surface area (Å²) in [5.74, 6) is 1.87. The molecule has 1 N–H and O–H groups in total. The van der Waals surface area contributed by atoms with Gasteiger partial charge in [0.2, 0.25) is 6.10 Å². The second-order valence-corrected chi connectivity index (χ2v) is 5.83. The topological polar surface area (TPSA) is 56.8 Å². The monoisotopic (exact) mass is 327 g/mol. The lowest BCUT2D eigenvalue weighted by Crippen LogP contribution is -2.45. The summed E-state index contributed by atoms with van der Waals surface area (Å²) < 4.78 is 16.9. The summed E-state index contributed by atoms with van der Waals surface area (Å²) in [6, 6.07) is 13.4.